The van der Waals surface area contributed by atoms with Crippen LogP contribution < -0.4 is 5.73 Å². The van der Waals surface area contributed by atoms with Gasteiger partial charge in [0.05, 0.1) is 5.02 Å². The fraction of sp³-hybridized carbons (Fsp3) is 0.545. The third-order valence-corrected chi connectivity index (χ3v) is 3.41. The Kier molecular flexibility index (Phi) is 3.04. The van der Waals surface area contributed by atoms with Crippen LogP contribution in [0, 0.1) is 5.92 Å². The molecule has 0 amide bonds. The number of aromatic nitrogens is 1. The predicted octanol–water partition coefficient (Wildman–Crippen LogP) is 2.40. The van der Waals surface area contributed by atoms with E-state index >= 15 is 0 Å². The minimum Gasteiger partial charge on any atom is -0.327 e. The zero-order chi connectivity index (χ0) is 9.97. The Hall–Kier alpha value is -0.600. The summed E-state index contributed by atoms with van der Waals surface area (Å²) in [5.74, 6) is 0.708. The number of rotatable bonds is 3. The van der Waals surface area contributed by atoms with Crippen molar-refractivity contribution < 1.29 is 0 Å². The van der Waals surface area contributed by atoms with Crippen LogP contribution in [-0.4, -0.2) is 11.0 Å². The van der Waals surface area contributed by atoms with Crippen LogP contribution in [0.2, 0.25) is 5.02 Å². The van der Waals surface area contributed by atoms with Gasteiger partial charge in [0.25, 0.3) is 0 Å². The highest BCUT2D eigenvalue weighted by Gasteiger charge is 2.24. The van der Waals surface area contributed by atoms with Crippen molar-refractivity contribution in [2.45, 2.75) is 31.7 Å². The summed E-state index contributed by atoms with van der Waals surface area (Å²) in [5, 5.41) is 0.738. The number of nitrogens with two attached hydrogens (primary N) is 1. The molecule has 0 bridgehead atoms. The van der Waals surface area contributed by atoms with Gasteiger partial charge in [-0.1, -0.05) is 18.0 Å². The maximum absolute atomic E-state index is 6.10. The lowest BCUT2D eigenvalue weighted by Gasteiger charge is -2.31. The minimum atomic E-state index is 0.267. The van der Waals surface area contributed by atoms with E-state index < -0.39 is 0 Å². The number of halogens is 1. The Morgan fingerprint density at radius 1 is 1.57 bits per heavy atom. The normalized spacial score (nSPS) is 19.0. The van der Waals surface area contributed by atoms with Crippen molar-refractivity contribution in [1.29, 1.82) is 0 Å². The third-order valence-electron chi connectivity index (χ3n) is 3.07. The Labute approximate surface area is 89.5 Å². The zero-order valence-electron chi connectivity index (χ0n) is 8.12. The Balaban J connectivity index is 1.99. The van der Waals surface area contributed by atoms with E-state index in [1.165, 1.54) is 19.3 Å². The van der Waals surface area contributed by atoms with Crippen LogP contribution in [0.3, 0.4) is 0 Å². The highest BCUT2D eigenvalue weighted by Crippen LogP contribution is 2.30. The van der Waals surface area contributed by atoms with Gasteiger partial charge >= 0.3 is 0 Å². The largest absolute Gasteiger partial charge is 0.327 e. The molecule has 1 heterocycles. The molecule has 1 aliphatic rings. The molecular formula is C11H15ClN2. The Bertz CT molecular complexity index is 310. The van der Waals surface area contributed by atoms with Crippen molar-refractivity contribution >= 4 is 11.6 Å². The van der Waals surface area contributed by atoms with Gasteiger partial charge in [0.15, 0.2) is 0 Å². The Morgan fingerprint density at radius 3 is 2.93 bits per heavy atom. The highest BCUT2D eigenvalue weighted by molar-refractivity contribution is 6.31. The highest BCUT2D eigenvalue weighted by atomic mass is 35.5. The monoisotopic (exact) mass is 210 g/mol. The van der Waals surface area contributed by atoms with E-state index in [0.717, 1.165) is 17.0 Å². The van der Waals surface area contributed by atoms with E-state index in [9.17, 15) is 0 Å². The fourth-order valence-electron chi connectivity index (χ4n) is 1.86. The van der Waals surface area contributed by atoms with Crippen molar-refractivity contribution in [1.82, 2.24) is 4.98 Å². The molecular weight excluding hydrogens is 196 g/mol. The molecule has 2 nitrogen and oxygen atoms in total. The summed E-state index contributed by atoms with van der Waals surface area (Å²) in [4.78, 5) is 3.96. The van der Waals surface area contributed by atoms with Gasteiger partial charge in [-0.05, 0) is 36.8 Å². The van der Waals surface area contributed by atoms with Crippen LogP contribution in [0.25, 0.3) is 0 Å². The first-order valence-corrected chi connectivity index (χ1v) is 5.49. The van der Waals surface area contributed by atoms with Gasteiger partial charge < -0.3 is 5.73 Å². The van der Waals surface area contributed by atoms with Crippen LogP contribution in [0.1, 0.15) is 24.8 Å². The van der Waals surface area contributed by atoms with Crippen LogP contribution >= 0.6 is 11.6 Å². The summed E-state index contributed by atoms with van der Waals surface area (Å²) in [6.07, 6.45) is 8.24. The molecule has 76 valence electrons. The van der Waals surface area contributed by atoms with Crippen LogP contribution in [0.5, 0.6) is 0 Å². The van der Waals surface area contributed by atoms with Crippen molar-refractivity contribution in [3.63, 3.8) is 0 Å². The molecule has 0 aliphatic heterocycles. The van der Waals surface area contributed by atoms with Gasteiger partial charge in [0.2, 0.25) is 0 Å². The second-order valence-electron chi connectivity index (χ2n) is 4.03. The van der Waals surface area contributed by atoms with E-state index in [4.69, 9.17) is 17.3 Å². The first kappa shape index (κ1) is 9.94. The van der Waals surface area contributed by atoms with E-state index in [1.807, 2.05) is 6.07 Å². The second kappa shape index (κ2) is 4.28. The van der Waals surface area contributed by atoms with Crippen molar-refractivity contribution in [2.75, 3.05) is 0 Å². The van der Waals surface area contributed by atoms with Crippen molar-refractivity contribution in [3.8, 4) is 0 Å². The summed E-state index contributed by atoms with van der Waals surface area (Å²) in [7, 11) is 0. The molecule has 1 aromatic rings. The van der Waals surface area contributed by atoms with Crippen LogP contribution in [0.15, 0.2) is 18.5 Å². The topological polar surface area (TPSA) is 38.9 Å². The summed E-state index contributed by atoms with van der Waals surface area (Å²) < 4.78 is 0. The van der Waals surface area contributed by atoms with Gasteiger partial charge in [-0.2, -0.15) is 0 Å². The zero-order valence-corrected chi connectivity index (χ0v) is 8.87. The minimum absolute atomic E-state index is 0.267. The standard InChI is InChI=1S/C11H15ClN2/c12-10-7-14-5-4-9(10)6-11(13)8-2-1-3-8/h4-5,7-8,11H,1-3,6,13H2. The van der Waals surface area contributed by atoms with Gasteiger partial charge in [-0.25, -0.2) is 0 Å². The number of pyridine rings is 1. The number of hydrogen-bond donors (Lipinski definition) is 1. The molecule has 0 saturated heterocycles. The van der Waals surface area contributed by atoms with E-state index in [1.54, 1.807) is 12.4 Å². The molecule has 1 unspecified atom stereocenters. The molecule has 1 saturated carbocycles. The molecule has 1 aromatic heterocycles. The quantitative estimate of drug-likeness (QED) is 0.832. The average molecular weight is 211 g/mol. The first-order chi connectivity index (χ1) is 6.77. The van der Waals surface area contributed by atoms with Crippen molar-refractivity contribution in [2.24, 2.45) is 11.7 Å². The lowest BCUT2D eigenvalue weighted by molar-refractivity contribution is 0.260. The summed E-state index contributed by atoms with van der Waals surface area (Å²) in [5.41, 5.74) is 7.23. The molecule has 1 atom stereocenters. The number of hydrogen-bond acceptors (Lipinski definition) is 2. The van der Waals surface area contributed by atoms with Crippen LogP contribution in [0.4, 0.5) is 0 Å². The van der Waals surface area contributed by atoms with Gasteiger partial charge in [0, 0.05) is 18.4 Å². The lowest BCUT2D eigenvalue weighted by Crippen LogP contribution is -2.36. The Morgan fingerprint density at radius 2 is 2.36 bits per heavy atom. The summed E-state index contributed by atoms with van der Waals surface area (Å²) in [6, 6.07) is 2.23. The van der Waals surface area contributed by atoms with Crippen LogP contribution in [-0.2, 0) is 6.42 Å². The lowest BCUT2D eigenvalue weighted by atomic mass is 9.78. The van der Waals surface area contributed by atoms with Gasteiger partial charge in [0.1, 0.15) is 0 Å². The summed E-state index contributed by atoms with van der Waals surface area (Å²) >= 11 is 6.02. The van der Waals surface area contributed by atoms with Crippen molar-refractivity contribution in [3.05, 3.63) is 29.0 Å². The molecule has 14 heavy (non-hydrogen) atoms. The average Bonchev–Trinajstić information content (AvgIpc) is 2.05. The predicted molar refractivity (Wildman–Crippen MR) is 58.3 cm³/mol. The van der Waals surface area contributed by atoms with E-state index in [-0.39, 0.29) is 6.04 Å². The number of nitrogens with zero attached hydrogens (tertiary/aromatic N) is 1. The first-order valence-electron chi connectivity index (χ1n) is 5.11. The molecule has 0 radical (unpaired) electrons. The molecule has 2 rings (SSSR count). The van der Waals surface area contributed by atoms with Gasteiger partial charge in [-0.15, -0.1) is 0 Å². The smallest absolute Gasteiger partial charge is 0.0621 e. The molecule has 1 aliphatic carbocycles. The third kappa shape index (κ3) is 2.07. The molecule has 1 fully saturated rings. The molecule has 3 heteroatoms. The maximum Gasteiger partial charge on any atom is 0.0621 e. The second-order valence-corrected chi connectivity index (χ2v) is 4.43. The molecule has 2 N–H and O–H groups in total. The van der Waals surface area contributed by atoms with Gasteiger partial charge in [-0.3, -0.25) is 4.98 Å². The van der Waals surface area contributed by atoms with E-state index in [2.05, 4.69) is 4.98 Å². The molecule has 0 spiro atoms. The maximum atomic E-state index is 6.10. The van der Waals surface area contributed by atoms with E-state index in [0.29, 0.717) is 5.92 Å². The fourth-order valence-corrected chi connectivity index (χ4v) is 2.05. The SMILES string of the molecule is NC(Cc1ccncc1Cl)C1CCC1. The molecule has 0 aromatic carbocycles. The summed E-state index contributed by atoms with van der Waals surface area (Å²) in [6.45, 7) is 0.